The van der Waals surface area contributed by atoms with E-state index in [0.717, 1.165) is 36.3 Å². The Hall–Kier alpha value is -3.11. The standard InChI is InChI=1S/C32H40O4/c1-4-6-7-8-9-10-24-34-25(3)26-11-13-27(14-12-26)28-15-21-31(22-16-28)36-32(33)29-17-19-30(20-18-29)35-23-5-2/h11-22,25H,4-10,23-24H2,1-3H3. The molecule has 0 saturated heterocycles. The van der Waals surface area contributed by atoms with E-state index < -0.39 is 0 Å². The van der Waals surface area contributed by atoms with Gasteiger partial charge in [-0.25, -0.2) is 4.79 Å². The molecule has 0 aliphatic heterocycles. The van der Waals surface area contributed by atoms with Crippen LogP contribution in [-0.2, 0) is 4.74 Å². The Morgan fingerprint density at radius 3 is 1.89 bits per heavy atom. The number of hydrogen-bond donors (Lipinski definition) is 0. The van der Waals surface area contributed by atoms with Crippen LogP contribution >= 0.6 is 0 Å². The Morgan fingerprint density at radius 1 is 0.667 bits per heavy atom. The van der Waals surface area contributed by atoms with Gasteiger partial charge in [-0.3, -0.25) is 0 Å². The molecule has 0 amide bonds. The maximum Gasteiger partial charge on any atom is 0.343 e. The molecule has 4 nitrogen and oxygen atoms in total. The molecule has 3 aromatic rings. The zero-order chi connectivity index (χ0) is 25.6. The first-order chi connectivity index (χ1) is 17.6. The van der Waals surface area contributed by atoms with Crippen LogP contribution in [0.1, 0.15) is 87.7 Å². The van der Waals surface area contributed by atoms with Gasteiger partial charge in [0.05, 0.1) is 18.3 Å². The maximum atomic E-state index is 12.5. The highest BCUT2D eigenvalue weighted by Gasteiger charge is 2.10. The normalized spacial score (nSPS) is 11.8. The second kappa shape index (κ2) is 15.1. The summed E-state index contributed by atoms with van der Waals surface area (Å²) in [5.74, 6) is 0.884. The number of ether oxygens (including phenoxy) is 3. The third-order valence-electron chi connectivity index (χ3n) is 6.21. The fourth-order valence-corrected chi connectivity index (χ4v) is 3.97. The van der Waals surface area contributed by atoms with Crippen molar-refractivity contribution < 1.29 is 19.0 Å². The van der Waals surface area contributed by atoms with Gasteiger partial charge in [0.2, 0.25) is 0 Å². The molecule has 3 aromatic carbocycles. The van der Waals surface area contributed by atoms with Gasteiger partial charge in [-0.05, 0) is 72.9 Å². The molecule has 0 fully saturated rings. The molecular weight excluding hydrogens is 448 g/mol. The fraction of sp³-hybridized carbons (Fsp3) is 0.406. The van der Waals surface area contributed by atoms with Crippen LogP contribution in [-0.4, -0.2) is 19.2 Å². The SMILES string of the molecule is CCCCCCCCOC(C)c1ccc(-c2ccc(OC(=O)c3ccc(OCCC)cc3)cc2)cc1. The van der Waals surface area contributed by atoms with Gasteiger partial charge < -0.3 is 14.2 Å². The average Bonchev–Trinajstić information content (AvgIpc) is 2.92. The van der Waals surface area contributed by atoms with Gasteiger partial charge >= 0.3 is 5.97 Å². The molecule has 0 N–H and O–H groups in total. The largest absolute Gasteiger partial charge is 0.494 e. The minimum atomic E-state index is -0.385. The van der Waals surface area contributed by atoms with Crippen LogP contribution in [0.5, 0.6) is 11.5 Å². The second-order valence-electron chi connectivity index (χ2n) is 9.19. The summed E-state index contributed by atoms with van der Waals surface area (Å²) in [5.41, 5.74) is 3.86. The lowest BCUT2D eigenvalue weighted by Gasteiger charge is -2.14. The van der Waals surface area contributed by atoms with Gasteiger partial charge in [0.25, 0.3) is 0 Å². The summed E-state index contributed by atoms with van der Waals surface area (Å²) in [6.45, 7) is 7.88. The molecule has 192 valence electrons. The zero-order valence-corrected chi connectivity index (χ0v) is 22.0. The Bertz CT molecular complexity index is 1020. The summed E-state index contributed by atoms with van der Waals surface area (Å²) in [7, 11) is 0. The number of rotatable bonds is 15. The smallest absolute Gasteiger partial charge is 0.343 e. The highest BCUT2D eigenvalue weighted by molar-refractivity contribution is 5.91. The Morgan fingerprint density at radius 2 is 1.25 bits per heavy atom. The lowest BCUT2D eigenvalue weighted by molar-refractivity contribution is 0.0627. The van der Waals surface area contributed by atoms with Crippen molar-refractivity contribution >= 4 is 5.97 Å². The quantitative estimate of drug-likeness (QED) is 0.122. The van der Waals surface area contributed by atoms with Crippen molar-refractivity contribution in [1.82, 2.24) is 0 Å². The van der Waals surface area contributed by atoms with Crippen molar-refractivity contribution in [3.8, 4) is 22.6 Å². The molecule has 0 aliphatic rings. The molecule has 3 rings (SSSR count). The summed E-state index contributed by atoms with van der Waals surface area (Å²) in [6.07, 6.45) is 8.66. The van der Waals surface area contributed by atoms with Crippen LogP contribution in [0.3, 0.4) is 0 Å². The van der Waals surface area contributed by atoms with Crippen LogP contribution in [0.25, 0.3) is 11.1 Å². The summed E-state index contributed by atoms with van der Waals surface area (Å²) < 4.78 is 17.1. The summed E-state index contributed by atoms with van der Waals surface area (Å²) in [5, 5.41) is 0. The number of unbranched alkanes of at least 4 members (excludes halogenated alkanes) is 5. The van der Waals surface area contributed by atoms with Gasteiger partial charge in [-0.1, -0.05) is 82.3 Å². The van der Waals surface area contributed by atoms with E-state index in [0.29, 0.717) is 17.9 Å². The molecule has 36 heavy (non-hydrogen) atoms. The van der Waals surface area contributed by atoms with E-state index in [9.17, 15) is 4.79 Å². The summed E-state index contributed by atoms with van der Waals surface area (Å²) >= 11 is 0. The van der Waals surface area contributed by atoms with E-state index in [1.165, 1.54) is 37.7 Å². The van der Waals surface area contributed by atoms with Crippen molar-refractivity contribution in [3.05, 3.63) is 83.9 Å². The molecule has 0 saturated carbocycles. The molecule has 4 heteroatoms. The topological polar surface area (TPSA) is 44.8 Å². The maximum absolute atomic E-state index is 12.5. The van der Waals surface area contributed by atoms with E-state index in [2.05, 4.69) is 45.0 Å². The second-order valence-corrected chi connectivity index (χ2v) is 9.19. The number of carbonyl (C=O) groups excluding carboxylic acids is 1. The van der Waals surface area contributed by atoms with Gasteiger partial charge in [0.1, 0.15) is 11.5 Å². The lowest BCUT2D eigenvalue weighted by atomic mass is 10.0. The van der Waals surface area contributed by atoms with Crippen molar-refractivity contribution in [3.63, 3.8) is 0 Å². The molecular formula is C32H40O4. The summed E-state index contributed by atoms with van der Waals surface area (Å²) in [4.78, 5) is 12.5. The molecule has 0 heterocycles. The Balaban J connectivity index is 1.47. The minimum absolute atomic E-state index is 0.0868. The summed E-state index contributed by atoms with van der Waals surface area (Å²) in [6, 6.07) is 23.1. The number of benzene rings is 3. The molecule has 0 bridgehead atoms. The number of carbonyl (C=O) groups is 1. The van der Waals surface area contributed by atoms with Crippen LogP contribution in [0, 0.1) is 0 Å². The van der Waals surface area contributed by atoms with E-state index in [1.54, 1.807) is 24.3 Å². The van der Waals surface area contributed by atoms with Crippen molar-refractivity contribution in [2.24, 2.45) is 0 Å². The van der Waals surface area contributed by atoms with Gasteiger partial charge in [0, 0.05) is 6.61 Å². The number of hydrogen-bond acceptors (Lipinski definition) is 4. The highest BCUT2D eigenvalue weighted by atomic mass is 16.5. The van der Waals surface area contributed by atoms with Gasteiger partial charge in [-0.15, -0.1) is 0 Å². The monoisotopic (exact) mass is 488 g/mol. The molecule has 0 aliphatic carbocycles. The van der Waals surface area contributed by atoms with Crippen molar-refractivity contribution in [2.75, 3.05) is 13.2 Å². The first-order valence-electron chi connectivity index (χ1n) is 13.4. The first-order valence-corrected chi connectivity index (χ1v) is 13.4. The minimum Gasteiger partial charge on any atom is -0.494 e. The van der Waals surface area contributed by atoms with Crippen LogP contribution in [0.15, 0.2) is 72.8 Å². The van der Waals surface area contributed by atoms with Crippen molar-refractivity contribution in [2.45, 2.75) is 71.8 Å². The fourth-order valence-electron chi connectivity index (χ4n) is 3.97. The Kier molecular flexibility index (Phi) is 11.5. The molecule has 0 aromatic heterocycles. The lowest BCUT2D eigenvalue weighted by Crippen LogP contribution is -2.08. The van der Waals surface area contributed by atoms with Crippen LogP contribution in [0.4, 0.5) is 0 Å². The molecule has 1 atom stereocenters. The van der Waals surface area contributed by atoms with Gasteiger partial charge in [0.15, 0.2) is 0 Å². The van der Waals surface area contributed by atoms with E-state index >= 15 is 0 Å². The van der Waals surface area contributed by atoms with Gasteiger partial charge in [-0.2, -0.15) is 0 Å². The molecule has 1 unspecified atom stereocenters. The first kappa shape index (κ1) is 27.5. The molecule has 0 radical (unpaired) electrons. The predicted octanol–water partition coefficient (Wildman–Crippen LogP) is 8.80. The van der Waals surface area contributed by atoms with Crippen LogP contribution in [0.2, 0.25) is 0 Å². The van der Waals surface area contributed by atoms with Crippen molar-refractivity contribution in [1.29, 1.82) is 0 Å². The molecule has 0 spiro atoms. The third kappa shape index (κ3) is 8.83. The van der Waals surface area contributed by atoms with E-state index in [-0.39, 0.29) is 12.1 Å². The van der Waals surface area contributed by atoms with Crippen LogP contribution < -0.4 is 9.47 Å². The zero-order valence-electron chi connectivity index (χ0n) is 22.0. The average molecular weight is 489 g/mol. The van der Waals surface area contributed by atoms with E-state index in [4.69, 9.17) is 14.2 Å². The third-order valence-corrected chi connectivity index (χ3v) is 6.21. The van der Waals surface area contributed by atoms with E-state index in [1.807, 2.05) is 24.3 Å². The number of esters is 1. The predicted molar refractivity (Wildman–Crippen MR) is 147 cm³/mol. The Labute approximate surface area is 216 Å². The highest BCUT2D eigenvalue weighted by Crippen LogP contribution is 2.26.